The van der Waals surface area contributed by atoms with Gasteiger partial charge in [0, 0.05) is 11.5 Å². The second kappa shape index (κ2) is 5.48. The van der Waals surface area contributed by atoms with Crippen LogP contribution in [0.1, 0.15) is 21.9 Å². The number of phenols is 1. The lowest BCUT2D eigenvalue weighted by molar-refractivity contribution is 0.0772. The quantitative estimate of drug-likeness (QED) is 0.942. The summed E-state index contributed by atoms with van der Waals surface area (Å²) in [4.78, 5) is 13.7. The Labute approximate surface area is 119 Å². The molecule has 100 valence electrons. The average molecular weight is 324 g/mol. The maximum atomic E-state index is 12.2. The van der Waals surface area contributed by atoms with E-state index in [1.165, 1.54) is 11.0 Å². The summed E-state index contributed by atoms with van der Waals surface area (Å²) in [6.45, 7) is 2.22. The molecule has 1 aromatic carbocycles. The molecule has 1 N–H and O–H groups in total. The van der Waals surface area contributed by atoms with Crippen molar-refractivity contribution < 1.29 is 14.3 Å². The first-order valence-electron chi connectivity index (χ1n) is 5.76. The number of carbonyl (C=O) groups excluding carboxylic acids is 1. The van der Waals surface area contributed by atoms with E-state index in [1.807, 2.05) is 19.1 Å². The van der Waals surface area contributed by atoms with E-state index in [1.54, 1.807) is 19.2 Å². The smallest absolute Gasteiger partial charge is 0.257 e. The molecule has 0 unspecified atom stereocenters. The highest BCUT2D eigenvalue weighted by Gasteiger charge is 2.17. The van der Waals surface area contributed by atoms with Gasteiger partial charge in [0.1, 0.15) is 17.3 Å². The van der Waals surface area contributed by atoms with Crippen LogP contribution in [0, 0.1) is 6.92 Å². The van der Waals surface area contributed by atoms with Crippen LogP contribution in [0.2, 0.25) is 0 Å². The van der Waals surface area contributed by atoms with Crippen molar-refractivity contribution in [3.8, 4) is 5.75 Å². The Kier molecular flexibility index (Phi) is 3.95. The third-order valence-corrected chi connectivity index (χ3v) is 3.22. The minimum atomic E-state index is -0.251. The molecule has 2 rings (SSSR count). The van der Waals surface area contributed by atoms with Crippen LogP contribution < -0.4 is 0 Å². The van der Waals surface area contributed by atoms with Crippen molar-refractivity contribution in [2.45, 2.75) is 13.5 Å². The number of nitrogens with zero attached hydrogens (tertiary/aromatic N) is 1. The summed E-state index contributed by atoms with van der Waals surface area (Å²) in [6.07, 6.45) is 0. The van der Waals surface area contributed by atoms with Crippen LogP contribution in [0.3, 0.4) is 0 Å². The van der Waals surface area contributed by atoms with E-state index in [4.69, 9.17) is 4.42 Å². The predicted molar refractivity (Wildman–Crippen MR) is 75.0 cm³/mol. The standard InChI is InChI=1S/C14H14BrNO3/c1-9-3-5-11(19-9)8-16(2)14(18)12-6-4-10(15)7-13(12)17/h3-7,17H,8H2,1-2H3. The summed E-state index contributed by atoms with van der Waals surface area (Å²) < 4.78 is 6.15. The van der Waals surface area contributed by atoms with Gasteiger partial charge in [-0.25, -0.2) is 0 Å². The lowest BCUT2D eigenvalue weighted by atomic mass is 10.2. The number of benzene rings is 1. The fraction of sp³-hybridized carbons (Fsp3) is 0.214. The predicted octanol–water partition coefficient (Wildman–Crippen LogP) is 3.33. The first-order valence-corrected chi connectivity index (χ1v) is 6.56. The van der Waals surface area contributed by atoms with Crippen LogP contribution in [0.25, 0.3) is 0 Å². The fourth-order valence-corrected chi connectivity index (χ4v) is 2.12. The molecule has 0 bridgehead atoms. The molecular weight excluding hydrogens is 310 g/mol. The van der Waals surface area contributed by atoms with Crippen molar-refractivity contribution in [2.75, 3.05) is 7.05 Å². The summed E-state index contributed by atoms with van der Waals surface area (Å²) in [5, 5.41) is 9.78. The van der Waals surface area contributed by atoms with Crippen molar-refractivity contribution >= 4 is 21.8 Å². The molecule has 2 aromatic rings. The Balaban J connectivity index is 2.14. The number of aryl methyl sites for hydroxylation is 1. The van der Waals surface area contributed by atoms with Crippen molar-refractivity contribution in [1.29, 1.82) is 0 Å². The first-order chi connectivity index (χ1) is 8.97. The van der Waals surface area contributed by atoms with Crippen LogP contribution in [-0.2, 0) is 6.54 Å². The molecule has 0 spiro atoms. The monoisotopic (exact) mass is 323 g/mol. The van der Waals surface area contributed by atoms with Gasteiger partial charge in [0.2, 0.25) is 0 Å². The van der Waals surface area contributed by atoms with Crippen LogP contribution in [0.15, 0.2) is 39.2 Å². The van der Waals surface area contributed by atoms with Crippen molar-refractivity contribution in [3.05, 3.63) is 51.9 Å². The molecule has 1 heterocycles. The second-order valence-corrected chi connectivity index (χ2v) is 5.25. The Hall–Kier alpha value is -1.75. The van der Waals surface area contributed by atoms with Gasteiger partial charge < -0.3 is 14.4 Å². The van der Waals surface area contributed by atoms with E-state index in [9.17, 15) is 9.90 Å². The number of carbonyl (C=O) groups is 1. The molecule has 5 heteroatoms. The molecule has 1 aromatic heterocycles. The van der Waals surface area contributed by atoms with Crippen molar-refractivity contribution in [1.82, 2.24) is 4.90 Å². The molecule has 0 aliphatic carbocycles. The zero-order valence-corrected chi connectivity index (χ0v) is 12.3. The van der Waals surface area contributed by atoms with Crippen molar-refractivity contribution in [2.24, 2.45) is 0 Å². The second-order valence-electron chi connectivity index (χ2n) is 4.34. The average Bonchev–Trinajstić information content (AvgIpc) is 2.74. The van der Waals surface area contributed by atoms with Gasteiger partial charge in [-0.2, -0.15) is 0 Å². The first kappa shape index (κ1) is 13.7. The van der Waals surface area contributed by atoms with E-state index in [0.29, 0.717) is 12.3 Å². The molecule has 0 aliphatic heterocycles. The van der Waals surface area contributed by atoms with E-state index >= 15 is 0 Å². The Bertz CT molecular complexity index is 606. The fourth-order valence-electron chi connectivity index (χ4n) is 1.77. The third kappa shape index (κ3) is 3.17. The molecule has 1 amide bonds. The molecular formula is C14H14BrNO3. The van der Waals surface area contributed by atoms with Gasteiger partial charge in [-0.05, 0) is 37.3 Å². The van der Waals surface area contributed by atoms with E-state index < -0.39 is 0 Å². The third-order valence-electron chi connectivity index (χ3n) is 2.73. The minimum Gasteiger partial charge on any atom is -0.507 e. The topological polar surface area (TPSA) is 53.7 Å². The summed E-state index contributed by atoms with van der Waals surface area (Å²) in [7, 11) is 1.67. The molecule has 0 radical (unpaired) electrons. The van der Waals surface area contributed by atoms with Crippen LogP contribution in [-0.4, -0.2) is 23.0 Å². The number of halogens is 1. The zero-order valence-electron chi connectivity index (χ0n) is 10.7. The molecule has 0 saturated carbocycles. The summed E-state index contributed by atoms with van der Waals surface area (Å²) in [5.74, 6) is 1.23. The van der Waals surface area contributed by atoms with Gasteiger partial charge in [-0.1, -0.05) is 15.9 Å². The number of rotatable bonds is 3. The normalized spacial score (nSPS) is 10.5. The minimum absolute atomic E-state index is 0.0400. The number of hydrogen-bond donors (Lipinski definition) is 1. The van der Waals surface area contributed by atoms with Gasteiger partial charge in [0.25, 0.3) is 5.91 Å². The highest BCUT2D eigenvalue weighted by atomic mass is 79.9. The van der Waals surface area contributed by atoms with E-state index in [2.05, 4.69) is 15.9 Å². The van der Waals surface area contributed by atoms with Gasteiger partial charge >= 0.3 is 0 Å². The molecule has 0 aliphatic rings. The van der Waals surface area contributed by atoms with Crippen LogP contribution in [0.4, 0.5) is 0 Å². The molecule has 0 fully saturated rings. The van der Waals surface area contributed by atoms with E-state index in [0.717, 1.165) is 10.2 Å². The summed E-state index contributed by atoms with van der Waals surface area (Å²) >= 11 is 3.24. The zero-order chi connectivity index (χ0) is 14.0. The van der Waals surface area contributed by atoms with Crippen LogP contribution >= 0.6 is 15.9 Å². The maximum absolute atomic E-state index is 12.2. The van der Waals surface area contributed by atoms with Gasteiger partial charge in [0.15, 0.2) is 0 Å². The molecule has 19 heavy (non-hydrogen) atoms. The Morgan fingerprint density at radius 3 is 2.68 bits per heavy atom. The highest BCUT2D eigenvalue weighted by Crippen LogP contribution is 2.23. The molecule has 0 saturated heterocycles. The molecule has 0 atom stereocenters. The van der Waals surface area contributed by atoms with Crippen molar-refractivity contribution in [3.63, 3.8) is 0 Å². The summed E-state index contributed by atoms with van der Waals surface area (Å²) in [6, 6.07) is 8.49. The number of furan rings is 1. The largest absolute Gasteiger partial charge is 0.507 e. The van der Waals surface area contributed by atoms with Gasteiger partial charge in [-0.15, -0.1) is 0 Å². The van der Waals surface area contributed by atoms with E-state index in [-0.39, 0.29) is 17.2 Å². The van der Waals surface area contributed by atoms with Crippen LogP contribution in [0.5, 0.6) is 5.75 Å². The molecule has 4 nitrogen and oxygen atoms in total. The Morgan fingerprint density at radius 2 is 2.11 bits per heavy atom. The number of phenolic OH excluding ortho intramolecular Hbond substituents is 1. The maximum Gasteiger partial charge on any atom is 0.257 e. The number of aromatic hydroxyl groups is 1. The lowest BCUT2D eigenvalue weighted by Gasteiger charge is -2.16. The van der Waals surface area contributed by atoms with Gasteiger partial charge in [-0.3, -0.25) is 4.79 Å². The Morgan fingerprint density at radius 1 is 1.37 bits per heavy atom. The number of amides is 1. The van der Waals surface area contributed by atoms with Gasteiger partial charge in [0.05, 0.1) is 12.1 Å². The lowest BCUT2D eigenvalue weighted by Crippen LogP contribution is -2.26. The highest BCUT2D eigenvalue weighted by molar-refractivity contribution is 9.10. The number of hydrogen-bond acceptors (Lipinski definition) is 3. The summed E-state index contributed by atoms with van der Waals surface area (Å²) in [5.41, 5.74) is 0.272. The SMILES string of the molecule is Cc1ccc(CN(C)C(=O)c2ccc(Br)cc2O)o1.